The molecule has 1 atom stereocenters. The van der Waals surface area contributed by atoms with Crippen LogP contribution in [0.2, 0.25) is 0 Å². The Bertz CT molecular complexity index is 1180. The van der Waals surface area contributed by atoms with Gasteiger partial charge in [0.05, 0.1) is 18.6 Å². The second kappa shape index (κ2) is 9.52. The molecule has 34 heavy (non-hydrogen) atoms. The van der Waals surface area contributed by atoms with E-state index in [9.17, 15) is 14.4 Å². The molecule has 0 saturated carbocycles. The highest BCUT2D eigenvalue weighted by molar-refractivity contribution is 6.01. The average Bonchev–Trinajstić information content (AvgIpc) is 2.71. The lowest BCUT2D eigenvalue weighted by atomic mass is 9.81. The molecule has 1 aliphatic rings. The van der Waals surface area contributed by atoms with Gasteiger partial charge in [-0.2, -0.15) is 0 Å². The third-order valence-corrected chi connectivity index (χ3v) is 5.27. The molecule has 0 saturated heterocycles. The molecular weight excluding hydrogens is 438 g/mol. The van der Waals surface area contributed by atoms with Crippen LogP contribution < -0.4 is 15.7 Å². The van der Waals surface area contributed by atoms with Crippen LogP contribution in [0.4, 0.5) is 0 Å². The molecule has 0 bridgehead atoms. The van der Waals surface area contributed by atoms with Crippen molar-refractivity contribution in [2.75, 3.05) is 13.2 Å². The first-order chi connectivity index (χ1) is 15.9. The first-order valence-corrected chi connectivity index (χ1v) is 11.5. The van der Waals surface area contributed by atoms with Gasteiger partial charge in [-0.05, 0) is 51.7 Å². The Morgan fingerprint density at radius 2 is 1.68 bits per heavy atom. The van der Waals surface area contributed by atoms with Crippen LogP contribution in [0.5, 0.6) is 5.75 Å². The van der Waals surface area contributed by atoms with Crippen LogP contribution in [0.1, 0.15) is 66.4 Å². The lowest BCUT2D eigenvalue weighted by Crippen LogP contribution is -2.46. The van der Waals surface area contributed by atoms with E-state index in [1.807, 2.05) is 13.8 Å². The van der Waals surface area contributed by atoms with Crippen LogP contribution in [0.3, 0.4) is 0 Å². The molecule has 1 aliphatic heterocycles. The zero-order valence-corrected chi connectivity index (χ0v) is 20.9. The van der Waals surface area contributed by atoms with Crippen molar-refractivity contribution < 1.29 is 28.2 Å². The number of ether oxygens (including phenoxy) is 3. The normalized spacial score (nSPS) is 16.0. The number of rotatable bonds is 7. The minimum absolute atomic E-state index is 0.0397. The molecule has 0 unspecified atom stereocenters. The topological polar surface area (TPSA) is 104 Å². The lowest BCUT2D eigenvalue weighted by Gasteiger charge is -2.37. The fourth-order valence-electron chi connectivity index (χ4n) is 4.58. The molecule has 184 valence electrons. The predicted molar refractivity (Wildman–Crippen MR) is 127 cm³/mol. The smallest absolute Gasteiger partial charge is 0.344 e. The summed E-state index contributed by atoms with van der Waals surface area (Å²) in [6, 6.07) is 6.87. The maximum absolute atomic E-state index is 13.2. The Morgan fingerprint density at radius 3 is 2.29 bits per heavy atom. The number of nitrogens with one attached hydrogen (secondary N) is 1. The summed E-state index contributed by atoms with van der Waals surface area (Å²) in [5.41, 5.74) is -1.24. The monoisotopic (exact) mass is 471 g/mol. The Balaban J connectivity index is 2.30. The number of esters is 2. The van der Waals surface area contributed by atoms with Crippen molar-refractivity contribution in [2.45, 2.75) is 66.3 Å². The summed E-state index contributed by atoms with van der Waals surface area (Å²) in [6.07, 6.45) is 0.720. The molecule has 8 nitrogen and oxygen atoms in total. The van der Waals surface area contributed by atoms with Gasteiger partial charge in [-0.15, -0.1) is 0 Å². The first-order valence-electron chi connectivity index (χ1n) is 11.5. The second-order valence-electron chi connectivity index (χ2n) is 10.1. The Labute approximate surface area is 199 Å². The van der Waals surface area contributed by atoms with E-state index in [-0.39, 0.29) is 41.4 Å². The zero-order valence-electron chi connectivity index (χ0n) is 20.9. The highest BCUT2D eigenvalue weighted by atomic mass is 16.5. The van der Waals surface area contributed by atoms with Crippen LogP contribution in [0.15, 0.2) is 44.9 Å². The van der Waals surface area contributed by atoms with Crippen molar-refractivity contribution in [1.29, 1.82) is 0 Å². The van der Waals surface area contributed by atoms with Crippen molar-refractivity contribution in [1.82, 2.24) is 5.32 Å². The molecule has 0 aliphatic carbocycles. The van der Waals surface area contributed by atoms with E-state index in [1.165, 1.54) is 0 Å². The Morgan fingerprint density at radius 1 is 1.03 bits per heavy atom. The molecule has 0 spiro atoms. The van der Waals surface area contributed by atoms with Crippen LogP contribution in [0.25, 0.3) is 11.0 Å². The van der Waals surface area contributed by atoms with Gasteiger partial charge in [0.15, 0.2) is 5.75 Å². The maximum Gasteiger partial charge on any atom is 0.344 e. The summed E-state index contributed by atoms with van der Waals surface area (Å²) in [4.78, 5) is 39.4. The molecule has 2 aromatic rings. The van der Waals surface area contributed by atoms with Crippen LogP contribution >= 0.6 is 0 Å². The molecule has 8 heteroatoms. The minimum atomic E-state index is -1.36. The van der Waals surface area contributed by atoms with Gasteiger partial charge in [0, 0.05) is 5.54 Å². The molecule has 0 fully saturated rings. The van der Waals surface area contributed by atoms with E-state index in [4.69, 9.17) is 18.6 Å². The highest BCUT2D eigenvalue weighted by Crippen LogP contribution is 2.43. The number of para-hydroxylation sites is 1. The van der Waals surface area contributed by atoms with Gasteiger partial charge in [-0.1, -0.05) is 32.9 Å². The second-order valence-corrected chi connectivity index (χ2v) is 10.1. The largest absolute Gasteiger partial charge is 0.465 e. The summed E-state index contributed by atoms with van der Waals surface area (Å²) >= 11 is 0. The van der Waals surface area contributed by atoms with Gasteiger partial charge >= 0.3 is 17.6 Å². The minimum Gasteiger partial charge on any atom is -0.465 e. The summed E-state index contributed by atoms with van der Waals surface area (Å²) in [7, 11) is 0. The van der Waals surface area contributed by atoms with Gasteiger partial charge in [-0.3, -0.25) is 4.79 Å². The third-order valence-electron chi connectivity index (χ3n) is 5.27. The van der Waals surface area contributed by atoms with Crippen molar-refractivity contribution in [3.63, 3.8) is 0 Å². The highest BCUT2D eigenvalue weighted by Gasteiger charge is 2.45. The van der Waals surface area contributed by atoms with Gasteiger partial charge < -0.3 is 23.9 Å². The fraction of sp³-hybridized carbons (Fsp3) is 0.500. The molecule has 2 heterocycles. The van der Waals surface area contributed by atoms with Crippen LogP contribution in [0, 0.1) is 5.41 Å². The third kappa shape index (κ3) is 5.26. The molecule has 0 radical (unpaired) electrons. The van der Waals surface area contributed by atoms with E-state index in [0.717, 1.165) is 6.42 Å². The zero-order chi connectivity index (χ0) is 25.3. The first kappa shape index (κ1) is 25.3. The Hall–Kier alpha value is -3.29. The molecule has 0 amide bonds. The standard InChI is InChI=1S/C26H33NO7/c1-8-31-22(28)17-18-20(15-12-10-11-13-16(15)33-24(18)30)34-21(19(17)23(29)32-9-2)27-26(6,7)14-25(3,4)5/h10-13,17,27H,8-9,14H2,1-7H3/t17-/m1/s1. The van der Waals surface area contributed by atoms with Crippen molar-refractivity contribution in [3.8, 4) is 5.75 Å². The predicted octanol–water partition coefficient (Wildman–Crippen LogP) is 4.41. The van der Waals surface area contributed by atoms with Gasteiger partial charge in [0.25, 0.3) is 0 Å². The van der Waals surface area contributed by atoms with Gasteiger partial charge in [0.1, 0.15) is 22.6 Å². The van der Waals surface area contributed by atoms with Gasteiger partial charge in [0.2, 0.25) is 5.88 Å². The Kier molecular flexibility index (Phi) is 7.10. The number of carbonyl (C=O) groups is 2. The molecule has 3 rings (SSSR count). The summed E-state index contributed by atoms with van der Waals surface area (Å²) in [5, 5.41) is 3.81. The molecule has 1 N–H and O–H groups in total. The SMILES string of the molecule is CCOC(=O)C1=C(NC(C)(C)CC(C)(C)C)Oc2c(c(=O)oc3ccccc23)[C@H]1C(=O)OCC. The molecule has 1 aromatic carbocycles. The van der Waals surface area contributed by atoms with Crippen molar-refractivity contribution >= 4 is 22.9 Å². The van der Waals surface area contributed by atoms with Crippen molar-refractivity contribution in [3.05, 3.63) is 51.7 Å². The van der Waals surface area contributed by atoms with E-state index in [2.05, 4.69) is 26.1 Å². The van der Waals surface area contributed by atoms with Crippen LogP contribution in [-0.4, -0.2) is 30.7 Å². The summed E-state index contributed by atoms with van der Waals surface area (Å²) < 4.78 is 22.2. The number of hydrogen-bond acceptors (Lipinski definition) is 8. The molecule has 1 aromatic heterocycles. The average molecular weight is 472 g/mol. The summed E-state index contributed by atoms with van der Waals surface area (Å²) in [5.74, 6) is -2.67. The summed E-state index contributed by atoms with van der Waals surface area (Å²) in [6.45, 7) is 13.7. The number of fused-ring (bicyclic) bond motifs is 3. The molecular formula is C26H33NO7. The quantitative estimate of drug-likeness (QED) is 0.468. The van der Waals surface area contributed by atoms with Gasteiger partial charge in [-0.25, -0.2) is 9.59 Å². The maximum atomic E-state index is 13.2. The number of benzene rings is 1. The van der Waals surface area contributed by atoms with Crippen molar-refractivity contribution in [2.24, 2.45) is 5.41 Å². The van der Waals surface area contributed by atoms with E-state index in [0.29, 0.717) is 11.0 Å². The number of hydrogen-bond donors (Lipinski definition) is 1. The van der Waals surface area contributed by atoms with E-state index < -0.39 is 29.0 Å². The van der Waals surface area contributed by atoms with Crippen LogP contribution in [-0.2, 0) is 19.1 Å². The number of carbonyl (C=O) groups excluding carboxylic acids is 2. The van der Waals surface area contributed by atoms with E-state index >= 15 is 0 Å². The van der Waals surface area contributed by atoms with E-state index in [1.54, 1.807) is 38.1 Å². The lowest BCUT2D eigenvalue weighted by molar-refractivity contribution is -0.148. The fourth-order valence-corrected chi connectivity index (χ4v) is 4.58.